The molecule has 0 aliphatic carbocycles. The van der Waals surface area contributed by atoms with Gasteiger partial charge in [0.25, 0.3) is 0 Å². The lowest BCUT2D eigenvalue weighted by atomic mass is 10.1. The monoisotopic (exact) mass is 314 g/mol. The maximum absolute atomic E-state index is 12.4. The van der Waals surface area contributed by atoms with Gasteiger partial charge in [-0.1, -0.05) is 30.0 Å². The molecule has 1 aliphatic rings. The molecular weight excluding hydrogens is 296 g/mol. The molecule has 1 unspecified atom stereocenters. The number of aryl methyl sites for hydroxylation is 1. The SMILES string of the molecule is CC(=O)SCC1CC(=O)N(c2cccc3ccc(C)nc23)C1. The highest BCUT2D eigenvalue weighted by Gasteiger charge is 2.31. The second kappa shape index (κ2) is 6.08. The Morgan fingerprint density at radius 3 is 2.95 bits per heavy atom. The number of rotatable bonds is 3. The number of hydrogen-bond donors (Lipinski definition) is 0. The van der Waals surface area contributed by atoms with Crippen LogP contribution in [0.25, 0.3) is 10.9 Å². The van der Waals surface area contributed by atoms with E-state index in [0.29, 0.717) is 18.7 Å². The van der Waals surface area contributed by atoms with Crippen molar-refractivity contribution in [1.82, 2.24) is 4.98 Å². The number of anilines is 1. The number of hydrogen-bond acceptors (Lipinski definition) is 4. The maximum Gasteiger partial charge on any atom is 0.227 e. The minimum absolute atomic E-state index is 0.105. The third-order valence-corrected chi connectivity index (χ3v) is 4.90. The van der Waals surface area contributed by atoms with Gasteiger partial charge in [-0.3, -0.25) is 14.6 Å². The van der Waals surface area contributed by atoms with E-state index in [-0.39, 0.29) is 16.9 Å². The fourth-order valence-electron chi connectivity index (χ4n) is 2.81. The van der Waals surface area contributed by atoms with Crippen molar-refractivity contribution < 1.29 is 9.59 Å². The van der Waals surface area contributed by atoms with E-state index in [2.05, 4.69) is 4.98 Å². The minimum atomic E-state index is 0.105. The average Bonchev–Trinajstić information content (AvgIpc) is 2.85. The number of fused-ring (bicyclic) bond motifs is 1. The summed E-state index contributed by atoms with van der Waals surface area (Å²) >= 11 is 1.30. The summed E-state index contributed by atoms with van der Waals surface area (Å²) in [6.07, 6.45) is 0.502. The van der Waals surface area contributed by atoms with Crippen molar-refractivity contribution in [2.75, 3.05) is 17.2 Å². The summed E-state index contributed by atoms with van der Waals surface area (Å²) in [6.45, 7) is 4.18. The van der Waals surface area contributed by atoms with Gasteiger partial charge in [-0.05, 0) is 25.0 Å². The highest BCUT2D eigenvalue weighted by atomic mass is 32.2. The van der Waals surface area contributed by atoms with Crippen LogP contribution in [0.4, 0.5) is 5.69 Å². The summed E-state index contributed by atoms with van der Waals surface area (Å²) in [6, 6.07) is 9.93. The molecule has 1 aromatic carbocycles. The number of pyridine rings is 1. The van der Waals surface area contributed by atoms with E-state index < -0.39 is 0 Å². The summed E-state index contributed by atoms with van der Waals surface area (Å²) in [5, 5.41) is 1.14. The normalized spacial score (nSPS) is 18.2. The van der Waals surface area contributed by atoms with Crippen LogP contribution in [-0.4, -0.2) is 28.3 Å². The number of nitrogens with zero attached hydrogens (tertiary/aromatic N) is 2. The number of carbonyl (C=O) groups is 2. The standard InChI is InChI=1S/C17H18N2O2S/c1-11-6-7-14-4-3-5-15(17(14)18-11)19-9-13(8-16(19)21)10-22-12(2)20/h3-7,13H,8-10H2,1-2H3. The van der Waals surface area contributed by atoms with E-state index in [4.69, 9.17) is 0 Å². The van der Waals surface area contributed by atoms with Gasteiger partial charge >= 0.3 is 0 Å². The minimum Gasteiger partial charge on any atom is -0.310 e. The smallest absolute Gasteiger partial charge is 0.227 e. The van der Waals surface area contributed by atoms with E-state index in [1.165, 1.54) is 11.8 Å². The zero-order valence-electron chi connectivity index (χ0n) is 12.7. The number of carbonyl (C=O) groups excluding carboxylic acids is 2. The summed E-state index contributed by atoms with van der Waals surface area (Å²) in [7, 11) is 0. The van der Waals surface area contributed by atoms with E-state index in [9.17, 15) is 9.59 Å². The van der Waals surface area contributed by atoms with E-state index in [0.717, 1.165) is 22.3 Å². The molecule has 114 valence electrons. The van der Waals surface area contributed by atoms with Gasteiger partial charge < -0.3 is 4.90 Å². The number of benzene rings is 1. The maximum atomic E-state index is 12.4. The van der Waals surface area contributed by atoms with Crippen molar-refractivity contribution in [3.05, 3.63) is 36.0 Å². The molecule has 1 aliphatic heterocycles. The zero-order valence-corrected chi connectivity index (χ0v) is 13.5. The Bertz CT molecular complexity index is 745. The molecule has 3 rings (SSSR count). The van der Waals surface area contributed by atoms with Crippen molar-refractivity contribution in [2.45, 2.75) is 20.3 Å². The third-order valence-electron chi connectivity index (χ3n) is 3.86. The molecule has 4 nitrogen and oxygen atoms in total. The first-order valence-electron chi connectivity index (χ1n) is 7.34. The predicted octanol–water partition coefficient (Wildman–Crippen LogP) is 3.18. The molecule has 1 atom stereocenters. The first-order chi connectivity index (χ1) is 10.5. The van der Waals surface area contributed by atoms with Crippen LogP contribution in [0.1, 0.15) is 19.0 Å². The van der Waals surface area contributed by atoms with Gasteiger partial charge in [0.1, 0.15) is 0 Å². The summed E-state index contributed by atoms with van der Waals surface area (Å²) in [4.78, 5) is 29.9. The van der Waals surface area contributed by atoms with Crippen molar-refractivity contribution in [2.24, 2.45) is 5.92 Å². The molecule has 2 aromatic rings. The number of aromatic nitrogens is 1. The topological polar surface area (TPSA) is 50.3 Å². The molecule has 0 saturated carbocycles. The van der Waals surface area contributed by atoms with Gasteiger partial charge in [0.2, 0.25) is 5.91 Å². The molecule has 0 bridgehead atoms. The molecule has 1 saturated heterocycles. The van der Waals surface area contributed by atoms with Crippen LogP contribution >= 0.6 is 11.8 Å². The summed E-state index contributed by atoms with van der Waals surface area (Å²) < 4.78 is 0. The molecule has 1 fully saturated rings. The highest BCUT2D eigenvalue weighted by Crippen LogP contribution is 2.32. The van der Waals surface area contributed by atoms with Crippen LogP contribution in [0.2, 0.25) is 0 Å². The van der Waals surface area contributed by atoms with Crippen molar-refractivity contribution in [3.63, 3.8) is 0 Å². The van der Waals surface area contributed by atoms with E-state index in [1.807, 2.05) is 42.2 Å². The second-order valence-electron chi connectivity index (χ2n) is 5.68. The lowest BCUT2D eigenvalue weighted by molar-refractivity contribution is -0.117. The Hall–Kier alpha value is -1.88. The highest BCUT2D eigenvalue weighted by molar-refractivity contribution is 8.13. The van der Waals surface area contributed by atoms with Crippen LogP contribution in [0.15, 0.2) is 30.3 Å². The largest absolute Gasteiger partial charge is 0.310 e. The fourth-order valence-corrected chi connectivity index (χ4v) is 3.50. The second-order valence-corrected chi connectivity index (χ2v) is 6.88. The van der Waals surface area contributed by atoms with Crippen LogP contribution in [0.5, 0.6) is 0 Å². The van der Waals surface area contributed by atoms with Crippen LogP contribution in [-0.2, 0) is 9.59 Å². The van der Waals surface area contributed by atoms with Crippen LogP contribution < -0.4 is 4.90 Å². The quantitative estimate of drug-likeness (QED) is 0.873. The fraction of sp³-hybridized carbons (Fsp3) is 0.353. The van der Waals surface area contributed by atoms with E-state index >= 15 is 0 Å². The van der Waals surface area contributed by atoms with Crippen molar-refractivity contribution in [1.29, 1.82) is 0 Å². The average molecular weight is 314 g/mol. The molecule has 5 heteroatoms. The Balaban J connectivity index is 1.89. The van der Waals surface area contributed by atoms with Gasteiger partial charge in [0.15, 0.2) is 5.12 Å². The molecule has 1 amide bonds. The first kappa shape index (κ1) is 15.0. The zero-order chi connectivity index (χ0) is 15.7. The molecule has 22 heavy (non-hydrogen) atoms. The van der Waals surface area contributed by atoms with Crippen LogP contribution in [0.3, 0.4) is 0 Å². The predicted molar refractivity (Wildman–Crippen MR) is 90.1 cm³/mol. The Morgan fingerprint density at radius 1 is 1.36 bits per heavy atom. The van der Waals surface area contributed by atoms with Gasteiger partial charge in [0, 0.05) is 36.7 Å². The Labute approximate surface area is 133 Å². The Morgan fingerprint density at radius 2 is 2.18 bits per heavy atom. The number of amides is 1. The summed E-state index contributed by atoms with van der Waals surface area (Å²) in [5.41, 5.74) is 2.69. The molecule has 0 spiro atoms. The van der Waals surface area contributed by atoms with Crippen molar-refractivity contribution in [3.8, 4) is 0 Å². The van der Waals surface area contributed by atoms with Crippen molar-refractivity contribution >= 4 is 39.4 Å². The molecule has 0 N–H and O–H groups in total. The molecular formula is C17H18N2O2S. The van der Waals surface area contributed by atoms with Gasteiger partial charge in [-0.2, -0.15) is 0 Å². The number of para-hydroxylation sites is 1. The third kappa shape index (κ3) is 2.99. The van der Waals surface area contributed by atoms with Crippen LogP contribution in [0, 0.1) is 12.8 Å². The first-order valence-corrected chi connectivity index (χ1v) is 8.33. The lowest BCUT2D eigenvalue weighted by Crippen LogP contribution is -2.25. The molecule has 2 heterocycles. The van der Waals surface area contributed by atoms with Gasteiger partial charge in [0.05, 0.1) is 11.2 Å². The summed E-state index contributed by atoms with van der Waals surface area (Å²) in [5.74, 6) is 1.04. The number of thioether (sulfide) groups is 1. The Kier molecular flexibility index (Phi) is 4.16. The molecule has 1 aromatic heterocycles. The molecule has 0 radical (unpaired) electrons. The van der Waals surface area contributed by atoms with Gasteiger partial charge in [-0.15, -0.1) is 0 Å². The van der Waals surface area contributed by atoms with E-state index in [1.54, 1.807) is 6.92 Å². The van der Waals surface area contributed by atoms with Gasteiger partial charge in [-0.25, -0.2) is 0 Å². The lowest BCUT2D eigenvalue weighted by Gasteiger charge is -2.18.